The standard InChI is InChI=1S/C14H21NO5S/c1-20-10-4-2-3-9-15-21(18,19)13-7-5-12(6-8-13)11-14(16)17/h5-8,15H,2-4,9-11H2,1H3,(H,16,17). The molecule has 0 heterocycles. The van der Waals surface area contributed by atoms with E-state index in [1.165, 1.54) is 24.3 Å². The average Bonchev–Trinajstić information content (AvgIpc) is 2.42. The van der Waals surface area contributed by atoms with E-state index in [9.17, 15) is 13.2 Å². The molecule has 21 heavy (non-hydrogen) atoms. The quantitative estimate of drug-likeness (QED) is 0.637. The zero-order valence-electron chi connectivity index (χ0n) is 12.0. The molecule has 0 saturated heterocycles. The Kier molecular flexibility index (Phi) is 7.35. The second kappa shape index (κ2) is 8.76. The van der Waals surface area contributed by atoms with E-state index in [1.54, 1.807) is 7.11 Å². The van der Waals surface area contributed by atoms with E-state index in [-0.39, 0.29) is 11.3 Å². The summed E-state index contributed by atoms with van der Waals surface area (Å²) in [7, 11) is -1.89. The van der Waals surface area contributed by atoms with Gasteiger partial charge in [-0.25, -0.2) is 13.1 Å². The minimum Gasteiger partial charge on any atom is -0.481 e. The Morgan fingerprint density at radius 2 is 1.86 bits per heavy atom. The maximum absolute atomic E-state index is 12.0. The number of unbranched alkanes of at least 4 members (excludes halogenated alkanes) is 2. The van der Waals surface area contributed by atoms with Crippen LogP contribution in [-0.2, 0) is 26.0 Å². The highest BCUT2D eigenvalue weighted by Crippen LogP contribution is 2.11. The normalized spacial score (nSPS) is 11.5. The number of methoxy groups -OCH3 is 1. The van der Waals surface area contributed by atoms with Crippen molar-refractivity contribution in [3.05, 3.63) is 29.8 Å². The largest absolute Gasteiger partial charge is 0.481 e. The van der Waals surface area contributed by atoms with Crippen LogP contribution in [0.25, 0.3) is 0 Å². The van der Waals surface area contributed by atoms with E-state index in [0.717, 1.165) is 19.3 Å². The highest BCUT2D eigenvalue weighted by Gasteiger charge is 2.13. The highest BCUT2D eigenvalue weighted by atomic mass is 32.2. The summed E-state index contributed by atoms with van der Waals surface area (Å²) in [5.41, 5.74) is 0.570. The maximum atomic E-state index is 12.0. The van der Waals surface area contributed by atoms with E-state index in [0.29, 0.717) is 18.7 Å². The molecule has 0 aliphatic carbocycles. The van der Waals surface area contributed by atoms with Gasteiger partial charge in [0.1, 0.15) is 0 Å². The molecule has 0 aromatic heterocycles. The number of hydrogen-bond donors (Lipinski definition) is 2. The van der Waals surface area contributed by atoms with Crippen LogP contribution in [-0.4, -0.2) is 39.8 Å². The molecule has 6 nitrogen and oxygen atoms in total. The third-order valence-corrected chi connectivity index (χ3v) is 4.38. The van der Waals surface area contributed by atoms with Gasteiger partial charge in [-0.05, 0) is 37.0 Å². The molecule has 0 unspecified atom stereocenters. The molecule has 0 bridgehead atoms. The minimum atomic E-state index is -3.53. The van der Waals surface area contributed by atoms with Crippen molar-refractivity contribution in [3.63, 3.8) is 0 Å². The third-order valence-electron chi connectivity index (χ3n) is 2.91. The van der Waals surface area contributed by atoms with Crippen molar-refractivity contribution in [1.29, 1.82) is 0 Å². The van der Waals surface area contributed by atoms with Crippen molar-refractivity contribution >= 4 is 16.0 Å². The fraction of sp³-hybridized carbons (Fsp3) is 0.500. The Bertz CT molecular complexity index is 539. The lowest BCUT2D eigenvalue weighted by Gasteiger charge is -2.07. The number of nitrogens with one attached hydrogen (secondary N) is 1. The number of carbonyl (C=O) groups is 1. The van der Waals surface area contributed by atoms with Gasteiger partial charge in [0.15, 0.2) is 0 Å². The van der Waals surface area contributed by atoms with E-state index in [1.807, 2.05) is 0 Å². The second-order valence-electron chi connectivity index (χ2n) is 4.67. The molecule has 2 N–H and O–H groups in total. The molecule has 0 fully saturated rings. The van der Waals surface area contributed by atoms with Crippen molar-refractivity contribution < 1.29 is 23.1 Å². The van der Waals surface area contributed by atoms with Gasteiger partial charge in [0, 0.05) is 20.3 Å². The van der Waals surface area contributed by atoms with Gasteiger partial charge in [-0.15, -0.1) is 0 Å². The zero-order chi connectivity index (χ0) is 15.7. The van der Waals surface area contributed by atoms with E-state index in [2.05, 4.69) is 4.72 Å². The molecule has 0 saturated carbocycles. The molecule has 1 aromatic rings. The summed E-state index contributed by atoms with van der Waals surface area (Å²) in [6.07, 6.45) is 2.43. The van der Waals surface area contributed by atoms with Crippen LogP contribution < -0.4 is 4.72 Å². The zero-order valence-corrected chi connectivity index (χ0v) is 12.9. The van der Waals surface area contributed by atoms with Gasteiger partial charge in [-0.2, -0.15) is 0 Å². The number of sulfonamides is 1. The molecule has 0 spiro atoms. The number of hydrogen-bond acceptors (Lipinski definition) is 4. The van der Waals surface area contributed by atoms with Gasteiger partial charge in [-0.1, -0.05) is 12.1 Å². The number of benzene rings is 1. The van der Waals surface area contributed by atoms with Crippen molar-refractivity contribution in [2.45, 2.75) is 30.6 Å². The van der Waals surface area contributed by atoms with Crippen LogP contribution in [0.3, 0.4) is 0 Å². The Hall–Kier alpha value is -1.44. The van der Waals surface area contributed by atoms with Gasteiger partial charge in [0.25, 0.3) is 0 Å². The van der Waals surface area contributed by atoms with Crippen LogP contribution in [0.15, 0.2) is 29.2 Å². The summed E-state index contributed by atoms with van der Waals surface area (Å²) in [5, 5.41) is 8.66. The van der Waals surface area contributed by atoms with Gasteiger partial charge in [-0.3, -0.25) is 4.79 Å². The van der Waals surface area contributed by atoms with E-state index in [4.69, 9.17) is 9.84 Å². The summed E-state index contributed by atoms with van der Waals surface area (Å²) in [6, 6.07) is 5.87. The molecule has 0 aliphatic heterocycles. The van der Waals surface area contributed by atoms with Gasteiger partial charge < -0.3 is 9.84 Å². The molecule has 1 rings (SSSR count). The predicted octanol–water partition coefficient (Wildman–Crippen LogP) is 1.41. The average molecular weight is 315 g/mol. The van der Waals surface area contributed by atoms with Gasteiger partial charge >= 0.3 is 5.97 Å². The van der Waals surface area contributed by atoms with Crippen molar-refractivity contribution in [3.8, 4) is 0 Å². The van der Waals surface area contributed by atoms with Crippen molar-refractivity contribution in [2.24, 2.45) is 0 Å². The number of rotatable bonds is 10. The Morgan fingerprint density at radius 3 is 2.43 bits per heavy atom. The van der Waals surface area contributed by atoms with Crippen LogP contribution in [0.4, 0.5) is 0 Å². The summed E-state index contributed by atoms with van der Waals surface area (Å²) >= 11 is 0. The molecule has 118 valence electrons. The minimum absolute atomic E-state index is 0.118. The first-order valence-corrected chi connectivity index (χ1v) is 8.23. The Balaban J connectivity index is 2.48. The number of ether oxygens (including phenoxy) is 1. The van der Waals surface area contributed by atoms with Crippen molar-refractivity contribution in [1.82, 2.24) is 4.72 Å². The SMILES string of the molecule is COCCCCCNS(=O)(=O)c1ccc(CC(=O)O)cc1. The summed E-state index contributed by atoms with van der Waals surface area (Å²) in [6.45, 7) is 1.06. The Labute approximate surface area is 125 Å². The Morgan fingerprint density at radius 1 is 1.19 bits per heavy atom. The lowest BCUT2D eigenvalue weighted by molar-refractivity contribution is -0.136. The highest BCUT2D eigenvalue weighted by molar-refractivity contribution is 7.89. The molecular weight excluding hydrogens is 294 g/mol. The monoisotopic (exact) mass is 315 g/mol. The number of carboxylic acid groups (broad SMARTS) is 1. The van der Waals surface area contributed by atoms with Crippen LogP contribution >= 0.6 is 0 Å². The number of aliphatic carboxylic acids is 1. The first kappa shape index (κ1) is 17.6. The second-order valence-corrected chi connectivity index (χ2v) is 6.43. The topological polar surface area (TPSA) is 92.7 Å². The molecule has 7 heteroatoms. The number of carboxylic acids is 1. The lowest BCUT2D eigenvalue weighted by Crippen LogP contribution is -2.24. The van der Waals surface area contributed by atoms with E-state index < -0.39 is 16.0 Å². The predicted molar refractivity (Wildman–Crippen MR) is 78.7 cm³/mol. The first-order chi connectivity index (χ1) is 9.95. The molecule has 0 radical (unpaired) electrons. The lowest BCUT2D eigenvalue weighted by atomic mass is 10.2. The molecule has 0 atom stereocenters. The fourth-order valence-electron chi connectivity index (χ4n) is 1.80. The van der Waals surface area contributed by atoms with Crippen molar-refractivity contribution in [2.75, 3.05) is 20.3 Å². The molecular formula is C14H21NO5S. The molecule has 1 aromatic carbocycles. The molecule has 0 aliphatic rings. The van der Waals surface area contributed by atoms with Gasteiger partial charge in [0.05, 0.1) is 11.3 Å². The van der Waals surface area contributed by atoms with Gasteiger partial charge in [0.2, 0.25) is 10.0 Å². The first-order valence-electron chi connectivity index (χ1n) is 6.75. The summed E-state index contributed by atoms with van der Waals surface area (Å²) in [4.78, 5) is 10.7. The van der Waals surface area contributed by atoms with E-state index >= 15 is 0 Å². The van der Waals surface area contributed by atoms with Crippen LogP contribution in [0.2, 0.25) is 0 Å². The smallest absolute Gasteiger partial charge is 0.307 e. The fourth-order valence-corrected chi connectivity index (χ4v) is 2.87. The van der Waals surface area contributed by atoms with Crippen LogP contribution in [0.1, 0.15) is 24.8 Å². The summed E-state index contributed by atoms with van der Waals surface area (Å²) in [5.74, 6) is -0.945. The summed E-state index contributed by atoms with van der Waals surface area (Å²) < 4.78 is 31.4. The third kappa shape index (κ3) is 6.70. The van der Waals surface area contributed by atoms with Crippen LogP contribution in [0, 0.1) is 0 Å². The molecule has 0 amide bonds. The maximum Gasteiger partial charge on any atom is 0.307 e. The van der Waals surface area contributed by atoms with Crippen LogP contribution in [0.5, 0.6) is 0 Å².